The number of hydrogen-bond donors (Lipinski definition) is 1. The number of carbonyl (C=O) groups is 1. The average Bonchev–Trinajstić information content (AvgIpc) is 2.53. The van der Waals surface area contributed by atoms with Crippen molar-refractivity contribution in [3.8, 4) is 11.3 Å². The van der Waals surface area contributed by atoms with Gasteiger partial charge in [0.05, 0.1) is 21.7 Å². The SMILES string of the molecule is O=C(O)c1cc(-c2cccnc2)nc2ccc([N+](=O)[O-])cc12. The van der Waals surface area contributed by atoms with Crippen LogP contribution in [0, 0.1) is 10.1 Å². The molecule has 22 heavy (non-hydrogen) atoms. The van der Waals surface area contributed by atoms with Crippen LogP contribution in [0.4, 0.5) is 5.69 Å². The van der Waals surface area contributed by atoms with E-state index >= 15 is 0 Å². The second-order valence-electron chi connectivity index (χ2n) is 4.56. The van der Waals surface area contributed by atoms with Crippen LogP contribution in [0.2, 0.25) is 0 Å². The van der Waals surface area contributed by atoms with Gasteiger partial charge in [-0.25, -0.2) is 9.78 Å². The maximum absolute atomic E-state index is 11.5. The summed E-state index contributed by atoms with van der Waals surface area (Å²) in [5.74, 6) is -1.17. The molecule has 0 aliphatic rings. The van der Waals surface area contributed by atoms with Crippen molar-refractivity contribution < 1.29 is 14.8 Å². The van der Waals surface area contributed by atoms with Crippen LogP contribution in [0.3, 0.4) is 0 Å². The third kappa shape index (κ3) is 2.35. The number of pyridine rings is 2. The fourth-order valence-electron chi connectivity index (χ4n) is 2.17. The highest BCUT2D eigenvalue weighted by molar-refractivity contribution is 6.04. The van der Waals surface area contributed by atoms with Gasteiger partial charge in [0.15, 0.2) is 0 Å². The zero-order chi connectivity index (χ0) is 15.7. The minimum Gasteiger partial charge on any atom is -0.478 e. The Morgan fingerprint density at radius 1 is 1.23 bits per heavy atom. The van der Waals surface area contributed by atoms with Crippen molar-refractivity contribution in [3.63, 3.8) is 0 Å². The van der Waals surface area contributed by atoms with E-state index in [1.165, 1.54) is 24.3 Å². The van der Waals surface area contributed by atoms with Crippen molar-refractivity contribution in [2.24, 2.45) is 0 Å². The van der Waals surface area contributed by atoms with Gasteiger partial charge >= 0.3 is 5.97 Å². The van der Waals surface area contributed by atoms with Gasteiger partial charge in [0.1, 0.15) is 0 Å². The Balaban J connectivity index is 2.30. The van der Waals surface area contributed by atoms with Crippen LogP contribution in [-0.4, -0.2) is 26.0 Å². The van der Waals surface area contributed by atoms with Gasteiger partial charge in [0.25, 0.3) is 5.69 Å². The molecule has 0 aliphatic heterocycles. The van der Waals surface area contributed by atoms with Crippen LogP contribution < -0.4 is 0 Å². The van der Waals surface area contributed by atoms with Crippen molar-refractivity contribution in [1.82, 2.24) is 9.97 Å². The van der Waals surface area contributed by atoms with E-state index in [2.05, 4.69) is 9.97 Å². The van der Waals surface area contributed by atoms with Crippen LogP contribution in [0.25, 0.3) is 22.2 Å². The standard InChI is InChI=1S/C15H9N3O4/c19-15(20)12-7-14(9-2-1-5-16-8-9)17-13-4-3-10(18(21)22)6-11(12)13/h1-8H,(H,19,20). The first-order valence-electron chi connectivity index (χ1n) is 6.29. The third-order valence-electron chi connectivity index (χ3n) is 3.19. The summed E-state index contributed by atoms with van der Waals surface area (Å²) in [5.41, 5.74) is 1.29. The molecule has 7 heteroatoms. The number of aromatic carboxylic acids is 1. The quantitative estimate of drug-likeness (QED) is 0.588. The monoisotopic (exact) mass is 295 g/mol. The normalized spacial score (nSPS) is 10.5. The predicted octanol–water partition coefficient (Wildman–Crippen LogP) is 2.90. The Morgan fingerprint density at radius 2 is 2.05 bits per heavy atom. The van der Waals surface area contributed by atoms with Gasteiger partial charge < -0.3 is 5.11 Å². The largest absolute Gasteiger partial charge is 0.478 e. The maximum atomic E-state index is 11.5. The molecule has 7 nitrogen and oxygen atoms in total. The van der Waals surface area contributed by atoms with Gasteiger partial charge in [-0.05, 0) is 24.3 Å². The summed E-state index contributed by atoms with van der Waals surface area (Å²) < 4.78 is 0. The zero-order valence-corrected chi connectivity index (χ0v) is 11.1. The number of fused-ring (bicyclic) bond motifs is 1. The Labute approximate surface area is 124 Å². The summed E-state index contributed by atoms with van der Waals surface area (Å²) in [6, 6.07) is 8.84. The highest BCUT2D eigenvalue weighted by Gasteiger charge is 2.16. The van der Waals surface area contributed by atoms with Crippen LogP contribution >= 0.6 is 0 Å². The molecule has 3 rings (SSSR count). The van der Waals surface area contributed by atoms with Crippen molar-refractivity contribution >= 4 is 22.6 Å². The number of aromatic nitrogens is 2. The molecule has 3 aromatic rings. The molecular formula is C15H9N3O4. The van der Waals surface area contributed by atoms with E-state index in [-0.39, 0.29) is 16.6 Å². The third-order valence-corrected chi connectivity index (χ3v) is 3.19. The molecule has 0 bridgehead atoms. The van der Waals surface area contributed by atoms with Crippen LogP contribution in [0.15, 0.2) is 48.8 Å². The number of rotatable bonds is 3. The second-order valence-corrected chi connectivity index (χ2v) is 4.56. The Morgan fingerprint density at radius 3 is 2.68 bits per heavy atom. The van der Waals surface area contributed by atoms with Gasteiger partial charge in [-0.3, -0.25) is 15.1 Å². The number of carboxylic acids is 1. The zero-order valence-electron chi connectivity index (χ0n) is 11.1. The van der Waals surface area contributed by atoms with E-state index in [9.17, 15) is 20.0 Å². The van der Waals surface area contributed by atoms with E-state index in [1.54, 1.807) is 24.5 Å². The van der Waals surface area contributed by atoms with Crippen LogP contribution in [0.1, 0.15) is 10.4 Å². The molecule has 0 amide bonds. The van der Waals surface area contributed by atoms with Crippen molar-refractivity contribution in [2.75, 3.05) is 0 Å². The van der Waals surface area contributed by atoms with E-state index in [0.717, 1.165) is 0 Å². The molecular weight excluding hydrogens is 286 g/mol. The average molecular weight is 295 g/mol. The van der Waals surface area contributed by atoms with Crippen molar-refractivity contribution in [2.45, 2.75) is 0 Å². The number of carboxylic acid groups (broad SMARTS) is 1. The summed E-state index contributed by atoms with van der Waals surface area (Å²) in [5, 5.41) is 20.4. The molecule has 0 fully saturated rings. The lowest BCUT2D eigenvalue weighted by Gasteiger charge is -2.06. The van der Waals surface area contributed by atoms with Gasteiger partial charge in [-0.15, -0.1) is 0 Å². The minimum absolute atomic E-state index is 0.0347. The molecule has 0 atom stereocenters. The summed E-state index contributed by atoms with van der Waals surface area (Å²) in [4.78, 5) is 30.1. The lowest BCUT2D eigenvalue weighted by molar-refractivity contribution is -0.384. The number of non-ortho nitro benzene ring substituents is 1. The molecule has 1 N–H and O–H groups in total. The van der Waals surface area contributed by atoms with Crippen molar-refractivity contribution in [1.29, 1.82) is 0 Å². The fourth-order valence-corrected chi connectivity index (χ4v) is 2.17. The maximum Gasteiger partial charge on any atom is 0.336 e. The minimum atomic E-state index is -1.17. The molecule has 1 aromatic carbocycles. The smallest absolute Gasteiger partial charge is 0.336 e. The summed E-state index contributed by atoms with van der Waals surface area (Å²) in [7, 11) is 0. The van der Waals surface area contributed by atoms with Crippen LogP contribution in [0.5, 0.6) is 0 Å². The summed E-state index contributed by atoms with van der Waals surface area (Å²) in [6.45, 7) is 0. The molecule has 2 heterocycles. The molecule has 0 aliphatic carbocycles. The summed E-state index contributed by atoms with van der Waals surface area (Å²) in [6.07, 6.45) is 3.18. The molecule has 0 saturated carbocycles. The number of hydrogen-bond acceptors (Lipinski definition) is 5. The second kappa shape index (κ2) is 5.21. The molecule has 2 aromatic heterocycles. The first-order chi connectivity index (χ1) is 10.6. The van der Waals surface area contributed by atoms with Gasteiger partial charge in [0.2, 0.25) is 0 Å². The number of nitro benzene ring substituents is 1. The van der Waals surface area contributed by atoms with E-state index in [1.807, 2.05) is 0 Å². The molecule has 0 spiro atoms. The fraction of sp³-hybridized carbons (Fsp3) is 0. The van der Waals surface area contributed by atoms with Gasteiger partial charge in [-0.2, -0.15) is 0 Å². The van der Waals surface area contributed by atoms with E-state index in [0.29, 0.717) is 16.8 Å². The predicted molar refractivity (Wildman–Crippen MR) is 78.6 cm³/mol. The highest BCUT2D eigenvalue weighted by Crippen LogP contribution is 2.27. The lowest BCUT2D eigenvalue weighted by atomic mass is 10.0. The molecule has 108 valence electrons. The Hall–Kier alpha value is -3.35. The molecule has 0 unspecified atom stereocenters. The Kier molecular flexibility index (Phi) is 3.23. The topological polar surface area (TPSA) is 106 Å². The highest BCUT2D eigenvalue weighted by atomic mass is 16.6. The van der Waals surface area contributed by atoms with Crippen LogP contribution in [-0.2, 0) is 0 Å². The number of nitro groups is 1. The first kappa shape index (κ1) is 13.6. The molecule has 0 radical (unpaired) electrons. The Bertz CT molecular complexity index is 894. The van der Waals surface area contributed by atoms with Gasteiger partial charge in [0, 0.05) is 35.5 Å². The first-order valence-corrected chi connectivity index (χ1v) is 6.29. The van der Waals surface area contributed by atoms with E-state index in [4.69, 9.17) is 0 Å². The number of nitrogens with zero attached hydrogens (tertiary/aromatic N) is 3. The summed E-state index contributed by atoms with van der Waals surface area (Å²) >= 11 is 0. The lowest BCUT2D eigenvalue weighted by Crippen LogP contribution is -2.01. The molecule has 0 saturated heterocycles. The van der Waals surface area contributed by atoms with Gasteiger partial charge in [-0.1, -0.05) is 0 Å². The van der Waals surface area contributed by atoms with Crippen molar-refractivity contribution in [3.05, 3.63) is 64.5 Å². The number of benzene rings is 1. The van der Waals surface area contributed by atoms with E-state index < -0.39 is 10.9 Å².